The Balaban J connectivity index is 1.25. The van der Waals surface area contributed by atoms with Gasteiger partial charge in [0.2, 0.25) is 0 Å². The molecule has 2 saturated carbocycles. The van der Waals surface area contributed by atoms with Crippen molar-refractivity contribution < 1.29 is 28.9 Å². The maximum atomic E-state index is 11.9. The second-order valence-electron chi connectivity index (χ2n) is 6.45. The lowest BCUT2D eigenvalue weighted by molar-refractivity contribution is -0.183. The molecular weight excluding hydrogens is 312 g/mol. The van der Waals surface area contributed by atoms with E-state index in [2.05, 4.69) is 0 Å². The molecule has 0 unspecified atom stereocenters. The van der Waals surface area contributed by atoms with Gasteiger partial charge in [-0.15, -0.1) is 0 Å². The second kappa shape index (κ2) is 7.77. The summed E-state index contributed by atoms with van der Waals surface area (Å²) in [6.07, 6.45) is 1.67. The number of benzene rings is 1. The van der Waals surface area contributed by atoms with Gasteiger partial charge >= 0.3 is 11.9 Å². The summed E-state index contributed by atoms with van der Waals surface area (Å²) in [5.41, 5.74) is 0.964. The third-order valence-electron chi connectivity index (χ3n) is 4.60. The molecular formula is C18H22O6. The number of hydrogen-bond acceptors (Lipinski definition) is 6. The lowest BCUT2D eigenvalue weighted by Gasteiger charge is -2.33. The Bertz CT molecular complexity index is 560. The predicted octanol–water partition coefficient (Wildman–Crippen LogP) is 1.80. The first-order chi connectivity index (χ1) is 11.6. The van der Waals surface area contributed by atoms with Crippen molar-refractivity contribution >= 4 is 11.9 Å². The highest BCUT2D eigenvalue weighted by Crippen LogP contribution is 2.32. The molecule has 0 heterocycles. The highest BCUT2D eigenvalue weighted by atomic mass is 16.7. The Hall–Kier alpha value is -1.92. The molecule has 6 heteroatoms. The lowest BCUT2D eigenvalue weighted by atomic mass is 9.82. The van der Waals surface area contributed by atoms with Gasteiger partial charge in [-0.05, 0) is 31.2 Å². The van der Waals surface area contributed by atoms with Gasteiger partial charge in [-0.25, -0.2) is 0 Å². The summed E-state index contributed by atoms with van der Waals surface area (Å²) in [6, 6.07) is 9.55. The molecule has 0 spiro atoms. The van der Waals surface area contributed by atoms with Crippen molar-refractivity contribution in [1.29, 1.82) is 0 Å². The zero-order chi connectivity index (χ0) is 16.9. The van der Waals surface area contributed by atoms with E-state index in [1.165, 1.54) is 0 Å². The van der Waals surface area contributed by atoms with Gasteiger partial charge in [0.15, 0.2) is 6.79 Å². The topological polar surface area (TPSA) is 82.1 Å². The van der Waals surface area contributed by atoms with E-state index < -0.39 is 0 Å². The minimum absolute atomic E-state index is 0.0703. The van der Waals surface area contributed by atoms with E-state index in [1.54, 1.807) is 0 Å². The first-order valence-corrected chi connectivity index (χ1v) is 8.28. The van der Waals surface area contributed by atoms with Crippen molar-refractivity contribution in [2.75, 3.05) is 6.79 Å². The van der Waals surface area contributed by atoms with Gasteiger partial charge in [0, 0.05) is 0 Å². The van der Waals surface area contributed by atoms with Gasteiger partial charge in [0.1, 0.15) is 6.61 Å². The molecule has 1 aromatic carbocycles. The summed E-state index contributed by atoms with van der Waals surface area (Å²) < 4.78 is 15.7. The van der Waals surface area contributed by atoms with E-state index >= 15 is 0 Å². The summed E-state index contributed by atoms with van der Waals surface area (Å²) >= 11 is 0. The Labute approximate surface area is 140 Å². The number of rotatable bonds is 7. The smallest absolute Gasteiger partial charge is 0.311 e. The number of hydrogen-bond donors (Lipinski definition) is 1. The van der Waals surface area contributed by atoms with Crippen molar-refractivity contribution in [1.82, 2.24) is 0 Å². The van der Waals surface area contributed by atoms with Crippen LogP contribution in [0.4, 0.5) is 0 Å². The number of aliphatic hydroxyl groups excluding tert-OH is 1. The zero-order valence-electron chi connectivity index (χ0n) is 13.4. The molecule has 0 aliphatic heterocycles. The van der Waals surface area contributed by atoms with Gasteiger partial charge in [0.25, 0.3) is 0 Å². The Morgan fingerprint density at radius 1 is 0.958 bits per heavy atom. The highest BCUT2D eigenvalue weighted by molar-refractivity contribution is 5.74. The van der Waals surface area contributed by atoms with Crippen LogP contribution in [0, 0.1) is 11.8 Å². The van der Waals surface area contributed by atoms with Crippen LogP contribution in [0.3, 0.4) is 0 Å². The van der Waals surface area contributed by atoms with Crippen LogP contribution in [0.2, 0.25) is 0 Å². The maximum absolute atomic E-state index is 11.9. The molecule has 0 aromatic heterocycles. The van der Waals surface area contributed by atoms with Crippen LogP contribution >= 0.6 is 0 Å². The van der Waals surface area contributed by atoms with Crippen LogP contribution in [0.15, 0.2) is 30.3 Å². The zero-order valence-corrected chi connectivity index (χ0v) is 13.4. The average Bonchev–Trinajstić information content (AvgIpc) is 2.52. The van der Waals surface area contributed by atoms with Crippen LogP contribution in [0.5, 0.6) is 0 Å². The van der Waals surface area contributed by atoms with E-state index in [0.29, 0.717) is 25.7 Å². The van der Waals surface area contributed by atoms with Crippen LogP contribution in [0.25, 0.3) is 0 Å². The van der Waals surface area contributed by atoms with Crippen molar-refractivity contribution in [2.45, 2.75) is 44.5 Å². The normalized spacial score (nSPS) is 28.4. The lowest BCUT2D eigenvalue weighted by Crippen LogP contribution is -2.39. The largest absolute Gasteiger partial charge is 0.461 e. The molecule has 0 atom stereocenters. The molecule has 0 saturated heterocycles. The SMILES string of the molecule is O=C(OCO[C@H]1C[C@@H](C(=O)OCc2ccccc2)C1)[C@H]1C[C@@H](O)C1. The fraction of sp³-hybridized carbons (Fsp3) is 0.556. The van der Waals surface area contributed by atoms with E-state index in [4.69, 9.17) is 19.3 Å². The number of aliphatic hydroxyl groups is 1. The summed E-state index contributed by atoms with van der Waals surface area (Å²) in [4.78, 5) is 23.5. The van der Waals surface area contributed by atoms with Crippen molar-refractivity contribution in [3.8, 4) is 0 Å². The minimum Gasteiger partial charge on any atom is -0.461 e. The number of carbonyl (C=O) groups is 2. The Morgan fingerprint density at radius 3 is 2.25 bits per heavy atom. The third kappa shape index (κ3) is 4.33. The van der Waals surface area contributed by atoms with Crippen LogP contribution < -0.4 is 0 Å². The van der Waals surface area contributed by atoms with Crippen LogP contribution in [-0.2, 0) is 30.4 Å². The fourth-order valence-electron chi connectivity index (χ4n) is 2.83. The van der Waals surface area contributed by atoms with E-state index in [0.717, 1.165) is 5.56 Å². The third-order valence-corrected chi connectivity index (χ3v) is 4.60. The fourth-order valence-corrected chi connectivity index (χ4v) is 2.83. The standard InChI is InChI=1S/C18H22O6/c19-15-6-13(7-15)18(21)24-11-23-16-8-14(9-16)17(20)22-10-12-4-2-1-3-5-12/h1-5,13-16,19H,6-11H2/t13-,14-,15+,16+. The maximum Gasteiger partial charge on any atom is 0.311 e. The summed E-state index contributed by atoms with van der Waals surface area (Å²) in [7, 11) is 0. The molecule has 6 nitrogen and oxygen atoms in total. The van der Waals surface area contributed by atoms with Crippen LogP contribution in [-0.4, -0.2) is 36.0 Å². The van der Waals surface area contributed by atoms with Crippen LogP contribution in [0.1, 0.15) is 31.2 Å². The average molecular weight is 334 g/mol. The molecule has 1 N–H and O–H groups in total. The first-order valence-electron chi connectivity index (χ1n) is 8.28. The summed E-state index contributed by atoms with van der Waals surface area (Å²) in [6.45, 7) is 0.189. The number of carbonyl (C=O) groups excluding carboxylic acids is 2. The Kier molecular flexibility index (Phi) is 5.48. The van der Waals surface area contributed by atoms with Gasteiger partial charge < -0.3 is 19.3 Å². The number of esters is 2. The minimum atomic E-state index is -0.377. The van der Waals surface area contributed by atoms with Crippen molar-refractivity contribution in [2.24, 2.45) is 11.8 Å². The summed E-state index contributed by atoms with van der Waals surface area (Å²) in [5, 5.41) is 9.14. The molecule has 0 bridgehead atoms. The monoisotopic (exact) mass is 334 g/mol. The molecule has 2 fully saturated rings. The number of ether oxygens (including phenoxy) is 3. The molecule has 0 radical (unpaired) electrons. The van der Waals surface area contributed by atoms with Gasteiger partial charge in [0.05, 0.1) is 24.0 Å². The molecule has 130 valence electrons. The quantitative estimate of drug-likeness (QED) is 0.605. The summed E-state index contributed by atoms with van der Waals surface area (Å²) in [5.74, 6) is -0.875. The second-order valence-corrected chi connectivity index (χ2v) is 6.45. The predicted molar refractivity (Wildman–Crippen MR) is 83.5 cm³/mol. The first kappa shape index (κ1) is 16.9. The molecule has 2 aliphatic rings. The molecule has 3 rings (SSSR count). The molecule has 0 amide bonds. The highest BCUT2D eigenvalue weighted by Gasteiger charge is 2.37. The Morgan fingerprint density at radius 2 is 1.58 bits per heavy atom. The van der Waals surface area contributed by atoms with E-state index in [1.807, 2.05) is 30.3 Å². The van der Waals surface area contributed by atoms with Gasteiger partial charge in [-0.2, -0.15) is 0 Å². The van der Waals surface area contributed by atoms with Gasteiger partial charge in [-0.1, -0.05) is 30.3 Å². The molecule has 24 heavy (non-hydrogen) atoms. The molecule has 1 aromatic rings. The van der Waals surface area contributed by atoms with E-state index in [9.17, 15) is 9.59 Å². The molecule has 2 aliphatic carbocycles. The van der Waals surface area contributed by atoms with Crippen molar-refractivity contribution in [3.63, 3.8) is 0 Å². The van der Waals surface area contributed by atoms with Gasteiger partial charge in [-0.3, -0.25) is 9.59 Å². The van der Waals surface area contributed by atoms with E-state index in [-0.39, 0.29) is 49.4 Å². The van der Waals surface area contributed by atoms with Crippen molar-refractivity contribution in [3.05, 3.63) is 35.9 Å².